The summed E-state index contributed by atoms with van der Waals surface area (Å²) in [5.74, 6) is 3.69. The second-order valence-corrected chi connectivity index (χ2v) is 4.59. The number of anilines is 1. The van der Waals surface area contributed by atoms with Crippen molar-refractivity contribution in [2.24, 2.45) is 5.84 Å². The molecule has 0 saturated heterocycles. The second-order valence-electron chi connectivity index (χ2n) is 4.59. The number of amides is 1. The fraction of sp³-hybridized carbons (Fsp3) is 0.500. The van der Waals surface area contributed by atoms with Crippen LogP contribution in [0.15, 0.2) is 12.3 Å². The van der Waals surface area contributed by atoms with Crippen molar-refractivity contribution in [3.8, 4) is 0 Å². The number of hydrogen-bond acceptors (Lipinski definition) is 5. The largest absolute Gasteiger partial charge is 0.376 e. The molecule has 19 heavy (non-hydrogen) atoms. The summed E-state index contributed by atoms with van der Waals surface area (Å²) >= 11 is 0. The number of hydrazine groups is 1. The third kappa shape index (κ3) is 2.66. The number of carbonyl (C=O) groups excluding carboxylic acids is 1. The van der Waals surface area contributed by atoms with E-state index in [2.05, 4.69) is 15.7 Å². The van der Waals surface area contributed by atoms with E-state index in [4.69, 9.17) is 10.6 Å². The third-order valence-corrected chi connectivity index (χ3v) is 3.54. The van der Waals surface area contributed by atoms with Gasteiger partial charge in [0, 0.05) is 19.9 Å². The van der Waals surface area contributed by atoms with Crippen LogP contribution < -0.4 is 16.6 Å². The van der Waals surface area contributed by atoms with Gasteiger partial charge in [-0.05, 0) is 25.3 Å². The Kier molecular flexibility index (Phi) is 3.96. The number of rotatable bonds is 5. The standard InChI is InChI=1S/C12H17FN4O2/c1-19-12(4-2-5-12)7-16-11(18)8-3-6-15-10(17-14)9(8)13/h3,6H,2,4-5,7,14H2,1H3,(H,15,17)(H,16,18). The van der Waals surface area contributed by atoms with Crippen LogP contribution in [0.3, 0.4) is 0 Å². The number of aromatic nitrogens is 1. The molecule has 1 fully saturated rings. The number of pyridine rings is 1. The van der Waals surface area contributed by atoms with E-state index in [0.717, 1.165) is 19.3 Å². The molecule has 0 radical (unpaired) electrons. The van der Waals surface area contributed by atoms with Gasteiger partial charge in [0.2, 0.25) is 0 Å². The van der Waals surface area contributed by atoms with Gasteiger partial charge in [-0.15, -0.1) is 0 Å². The van der Waals surface area contributed by atoms with Crippen LogP contribution in [0, 0.1) is 5.82 Å². The van der Waals surface area contributed by atoms with Crippen molar-refractivity contribution in [1.82, 2.24) is 10.3 Å². The van der Waals surface area contributed by atoms with Crippen LogP contribution in [0.1, 0.15) is 29.6 Å². The van der Waals surface area contributed by atoms with E-state index in [-0.39, 0.29) is 17.0 Å². The van der Waals surface area contributed by atoms with Crippen molar-refractivity contribution in [3.05, 3.63) is 23.6 Å². The van der Waals surface area contributed by atoms with E-state index in [9.17, 15) is 9.18 Å². The van der Waals surface area contributed by atoms with E-state index >= 15 is 0 Å². The lowest BCUT2D eigenvalue weighted by Gasteiger charge is -2.40. The molecule has 0 aliphatic heterocycles. The first-order valence-corrected chi connectivity index (χ1v) is 6.06. The average molecular weight is 268 g/mol. The van der Waals surface area contributed by atoms with E-state index in [1.807, 2.05) is 0 Å². The molecule has 0 unspecified atom stereocenters. The smallest absolute Gasteiger partial charge is 0.254 e. The van der Waals surface area contributed by atoms with Crippen LogP contribution in [-0.2, 0) is 4.74 Å². The summed E-state index contributed by atoms with van der Waals surface area (Å²) in [4.78, 5) is 15.6. The molecular formula is C12H17FN4O2. The first kappa shape index (κ1) is 13.7. The van der Waals surface area contributed by atoms with Gasteiger partial charge in [-0.3, -0.25) is 4.79 Å². The minimum absolute atomic E-state index is 0.0893. The number of methoxy groups -OCH3 is 1. The Morgan fingerprint density at radius 3 is 2.89 bits per heavy atom. The Labute approximate surface area is 110 Å². The zero-order valence-corrected chi connectivity index (χ0v) is 10.7. The normalized spacial score (nSPS) is 16.6. The molecule has 0 atom stereocenters. The monoisotopic (exact) mass is 268 g/mol. The Bertz CT molecular complexity index is 471. The summed E-state index contributed by atoms with van der Waals surface area (Å²) in [6, 6.07) is 1.31. The maximum absolute atomic E-state index is 13.8. The van der Waals surface area contributed by atoms with Gasteiger partial charge >= 0.3 is 0 Å². The highest BCUT2D eigenvalue weighted by Gasteiger charge is 2.37. The molecule has 1 aromatic rings. The van der Waals surface area contributed by atoms with Crippen LogP contribution in [0.25, 0.3) is 0 Å². The van der Waals surface area contributed by atoms with Gasteiger partial charge in [0.1, 0.15) is 0 Å². The van der Waals surface area contributed by atoms with E-state index in [1.54, 1.807) is 7.11 Å². The summed E-state index contributed by atoms with van der Waals surface area (Å²) < 4.78 is 19.2. The fourth-order valence-corrected chi connectivity index (χ4v) is 2.08. The predicted octanol–water partition coefficient (Wildman–Crippen LogP) is 0.805. The summed E-state index contributed by atoms with van der Waals surface area (Å²) in [5.41, 5.74) is 1.72. The Hall–Kier alpha value is -1.73. The van der Waals surface area contributed by atoms with Crippen molar-refractivity contribution in [1.29, 1.82) is 0 Å². The lowest BCUT2D eigenvalue weighted by molar-refractivity contribution is -0.0679. The molecular weight excluding hydrogens is 251 g/mol. The fourth-order valence-electron chi connectivity index (χ4n) is 2.08. The molecule has 6 nitrogen and oxygen atoms in total. The SMILES string of the molecule is COC1(CNC(=O)c2ccnc(NN)c2F)CCC1. The minimum atomic E-state index is -0.762. The molecule has 1 aromatic heterocycles. The zero-order valence-electron chi connectivity index (χ0n) is 10.7. The molecule has 7 heteroatoms. The van der Waals surface area contributed by atoms with Gasteiger partial charge in [0.05, 0.1) is 11.2 Å². The van der Waals surface area contributed by atoms with Crippen LogP contribution in [0.4, 0.5) is 10.2 Å². The van der Waals surface area contributed by atoms with Crippen molar-refractivity contribution < 1.29 is 13.9 Å². The molecule has 1 saturated carbocycles. The Morgan fingerprint density at radius 1 is 1.63 bits per heavy atom. The minimum Gasteiger partial charge on any atom is -0.376 e. The topological polar surface area (TPSA) is 89.3 Å². The highest BCUT2D eigenvalue weighted by atomic mass is 19.1. The summed E-state index contributed by atoms with van der Waals surface area (Å²) in [5, 5.41) is 2.68. The van der Waals surface area contributed by atoms with E-state index < -0.39 is 11.7 Å². The van der Waals surface area contributed by atoms with Crippen LogP contribution in [-0.4, -0.2) is 30.1 Å². The zero-order chi connectivity index (χ0) is 13.9. The molecule has 0 spiro atoms. The Morgan fingerprint density at radius 2 is 2.37 bits per heavy atom. The van der Waals surface area contributed by atoms with Gasteiger partial charge in [-0.2, -0.15) is 0 Å². The first-order valence-electron chi connectivity index (χ1n) is 6.06. The summed E-state index contributed by atoms with van der Waals surface area (Å²) in [6.45, 7) is 0.371. The van der Waals surface area contributed by atoms with Gasteiger partial charge in [-0.1, -0.05) is 0 Å². The lowest BCUT2D eigenvalue weighted by atomic mass is 9.80. The molecule has 1 aliphatic carbocycles. The average Bonchev–Trinajstić information content (AvgIpc) is 2.38. The van der Waals surface area contributed by atoms with Crippen molar-refractivity contribution >= 4 is 11.7 Å². The Balaban J connectivity index is 2.04. The molecule has 1 amide bonds. The molecule has 104 valence electrons. The van der Waals surface area contributed by atoms with Gasteiger partial charge in [0.15, 0.2) is 11.6 Å². The number of hydrogen-bond donors (Lipinski definition) is 3. The van der Waals surface area contributed by atoms with E-state index in [1.165, 1.54) is 12.3 Å². The van der Waals surface area contributed by atoms with E-state index in [0.29, 0.717) is 6.54 Å². The summed E-state index contributed by atoms with van der Waals surface area (Å²) in [7, 11) is 1.62. The van der Waals surface area contributed by atoms with Crippen LogP contribution in [0.2, 0.25) is 0 Å². The molecule has 4 N–H and O–H groups in total. The molecule has 0 bridgehead atoms. The van der Waals surface area contributed by atoms with Crippen LogP contribution in [0.5, 0.6) is 0 Å². The highest BCUT2D eigenvalue weighted by Crippen LogP contribution is 2.34. The summed E-state index contributed by atoms with van der Waals surface area (Å²) in [6.07, 6.45) is 4.20. The van der Waals surface area contributed by atoms with Gasteiger partial charge in [0.25, 0.3) is 5.91 Å². The maximum atomic E-state index is 13.8. The second kappa shape index (κ2) is 5.50. The van der Waals surface area contributed by atoms with Crippen molar-refractivity contribution in [3.63, 3.8) is 0 Å². The van der Waals surface area contributed by atoms with Gasteiger partial charge < -0.3 is 15.5 Å². The number of ether oxygens (including phenoxy) is 1. The number of nitrogen functional groups attached to an aromatic ring is 1. The molecule has 1 aliphatic rings. The van der Waals surface area contributed by atoms with Crippen LogP contribution >= 0.6 is 0 Å². The molecule has 1 heterocycles. The third-order valence-electron chi connectivity index (χ3n) is 3.54. The van der Waals surface area contributed by atoms with Gasteiger partial charge in [-0.25, -0.2) is 15.2 Å². The number of nitrogens with zero attached hydrogens (tertiary/aromatic N) is 1. The molecule has 0 aromatic carbocycles. The first-order chi connectivity index (χ1) is 9.12. The highest BCUT2D eigenvalue weighted by molar-refractivity contribution is 5.95. The maximum Gasteiger partial charge on any atom is 0.254 e. The lowest BCUT2D eigenvalue weighted by Crippen LogP contribution is -2.49. The number of halogens is 1. The number of nitrogens with two attached hydrogens (primary N) is 1. The predicted molar refractivity (Wildman–Crippen MR) is 67.9 cm³/mol. The molecule has 2 rings (SSSR count). The number of carbonyl (C=O) groups is 1. The van der Waals surface area contributed by atoms with Crippen molar-refractivity contribution in [2.75, 3.05) is 19.1 Å². The number of nitrogens with one attached hydrogen (secondary N) is 2. The quantitative estimate of drug-likeness (QED) is 0.543. The van der Waals surface area contributed by atoms with Crippen molar-refractivity contribution in [2.45, 2.75) is 24.9 Å².